The summed E-state index contributed by atoms with van der Waals surface area (Å²) in [5.74, 6) is -3.03. The number of carbonyl (C=O) groups excluding carboxylic acids is 1. The number of Topliss-reactive ketones (excluding diaryl/α,β-unsaturated/α-hetero) is 1. The first-order valence-corrected chi connectivity index (χ1v) is 16.7. The van der Waals surface area contributed by atoms with Crippen LogP contribution in [0.2, 0.25) is 5.02 Å². The van der Waals surface area contributed by atoms with Crippen LogP contribution < -0.4 is 5.73 Å². The number of aryl methyl sites for hydroxylation is 1. The van der Waals surface area contributed by atoms with Crippen molar-refractivity contribution < 1.29 is 36.2 Å². The second-order valence-electron chi connectivity index (χ2n) is 13.9. The Morgan fingerprint density at radius 1 is 1.10 bits per heavy atom. The average Bonchev–Trinajstić information content (AvgIpc) is 3.60. The van der Waals surface area contributed by atoms with Crippen LogP contribution in [0, 0.1) is 29.4 Å². The first-order valence-electron chi connectivity index (χ1n) is 16.3. The molecule has 0 saturated heterocycles. The van der Waals surface area contributed by atoms with E-state index in [4.69, 9.17) is 22.3 Å². The van der Waals surface area contributed by atoms with Gasteiger partial charge in [0.1, 0.15) is 40.9 Å². The highest BCUT2D eigenvalue weighted by Crippen LogP contribution is 2.68. The van der Waals surface area contributed by atoms with Gasteiger partial charge in [0.25, 0.3) is 12.3 Å². The highest BCUT2D eigenvalue weighted by molar-refractivity contribution is 6.37. The van der Waals surface area contributed by atoms with Crippen molar-refractivity contribution in [2.45, 2.75) is 69.4 Å². The number of nitrogens with zero attached hydrogens (tertiary/aromatic N) is 5. The second kappa shape index (κ2) is 12.7. The quantitative estimate of drug-likeness (QED) is 0.119. The van der Waals surface area contributed by atoms with Crippen LogP contribution in [0.5, 0.6) is 0 Å². The molecule has 3 aromatic heterocycles. The van der Waals surface area contributed by atoms with Crippen LogP contribution in [-0.4, -0.2) is 41.0 Å². The topological polar surface area (TPSA) is 112 Å². The Labute approximate surface area is 298 Å². The van der Waals surface area contributed by atoms with Crippen molar-refractivity contribution >= 4 is 34.1 Å². The Morgan fingerprint density at radius 2 is 1.79 bits per heavy atom. The lowest BCUT2D eigenvalue weighted by atomic mass is 9.86. The van der Waals surface area contributed by atoms with E-state index < -0.39 is 77.5 Å². The second-order valence-corrected chi connectivity index (χ2v) is 14.3. The number of nitrogens with two attached hydrogens (primary N) is 1. The van der Waals surface area contributed by atoms with Crippen LogP contribution in [0.25, 0.3) is 22.0 Å². The molecule has 52 heavy (non-hydrogen) atoms. The Balaban J connectivity index is 1.37. The molecule has 0 aliphatic heterocycles. The van der Waals surface area contributed by atoms with Gasteiger partial charge in [-0.1, -0.05) is 23.6 Å². The van der Waals surface area contributed by atoms with E-state index in [1.807, 2.05) is 0 Å². The van der Waals surface area contributed by atoms with Gasteiger partial charge in [-0.25, -0.2) is 22.5 Å². The Morgan fingerprint density at radius 3 is 2.46 bits per heavy atom. The van der Waals surface area contributed by atoms with Crippen molar-refractivity contribution in [1.29, 1.82) is 0 Å². The van der Waals surface area contributed by atoms with Crippen LogP contribution in [0.1, 0.15) is 78.9 Å². The normalized spacial score (nSPS) is 17.9. The smallest absolute Gasteiger partial charge is 0.293 e. The first kappa shape index (κ1) is 35.5. The molecule has 0 spiro atoms. The summed E-state index contributed by atoms with van der Waals surface area (Å²) < 4.78 is 89.7. The molecule has 0 radical (unpaired) electrons. The van der Waals surface area contributed by atoms with Gasteiger partial charge in [-0.15, -0.1) is 0 Å². The standard InChI is InChI=1S/C37H31ClF6N6O2/c1-36(2,52)9-8-21-4-5-23(24-6-7-27(38)29-32(24)49(3)48-35(29)45)30(46-21)18(10-17-11-19(39)14-20(40)12-17)13-22(51)16-50-33-28(31(47-50)34(41)42)25-15-26(25)37(33,43)44/h4-7,11-12,14,18,25-26,34,52H,10,13,15-16H2,1-3H3,(H2,45,48)/t18-,25+,26-/m1/s1. The molecule has 3 N–H and O–H groups in total. The number of anilines is 1. The monoisotopic (exact) mass is 740 g/mol. The summed E-state index contributed by atoms with van der Waals surface area (Å²) >= 11 is 6.51. The van der Waals surface area contributed by atoms with Gasteiger partial charge in [-0.2, -0.15) is 19.0 Å². The minimum Gasteiger partial charge on any atom is -0.382 e. The van der Waals surface area contributed by atoms with E-state index in [2.05, 4.69) is 22.0 Å². The molecule has 2 aliphatic rings. The fraction of sp³-hybridized carbons (Fsp3) is 0.351. The Bertz CT molecular complexity index is 2320. The zero-order valence-electron chi connectivity index (χ0n) is 28.0. The van der Waals surface area contributed by atoms with Crippen molar-refractivity contribution in [3.05, 3.63) is 93.0 Å². The summed E-state index contributed by atoms with van der Waals surface area (Å²) in [4.78, 5) is 18.7. The number of carbonyl (C=O) groups is 1. The average molecular weight is 741 g/mol. The van der Waals surface area contributed by atoms with E-state index in [9.17, 15) is 27.5 Å². The number of ketones is 1. The Hall–Kier alpha value is -4.87. The SMILES string of the molecule is Cn1nc(N)c2c(Cl)ccc(-c3ccc(C#CC(C)(C)O)nc3[C@@H](CC(=O)Cn3nc(C(F)F)c4c3C(F)(F)[C@@H]3C[C@H]43)Cc3cc(F)cc(F)c3)c21. The van der Waals surface area contributed by atoms with Crippen molar-refractivity contribution in [1.82, 2.24) is 24.5 Å². The molecule has 270 valence electrons. The first-order chi connectivity index (χ1) is 24.4. The Kier molecular flexibility index (Phi) is 8.65. The number of nitrogen functional groups attached to an aromatic ring is 1. The number of rotatable bonds is 9. The molecule has 8 nitrogen and oxygen atoms in total. The van der Waals surface area contributed by atoms with Crippen LogP contribution in [0.3, 0.4) is 0 Å². The van der Waals surface area contributed by atoms with Gasteiger partial charge in [0, 0.05) is 48.1 Å². The number of alkyl halides is 4. The molecular formula is C37H31ClF6N6O2. The number of aromatic nitrogens is 5. The molecule has 0 unspecified atom stereocenters. The fourth-order valence-electron chi connectivity index (χ4n) is 7.29. The number of hydrogen-bond donors (Lipinski definition) is 2. The van der Waals surface area contributed by atoms with Gasteiger partial charge in [0.2, 0.25) is 0 Å². The molecule has 2 aromatic carbocycles. The summed E-state index contributed by atoms with van der Waals surface area (Å²) in [7, 11) is 1.65. The highest BCUT2D eigenvalue weighted by atomic mass is 35.5. The molecular weight excluding hydrogens is 710 g/mol. The van der Waals surface area contributed by atoms with E-state index in [1.54, 1.807) is 31.3 Å². The lowest BCUT2D eigenvalue weighted by Crippen LogP contribution is -2.24. The van der Waals surface area contributed by atoms with Gasteiger partial charge >= 0.3 is 0 Å². The predicted octanol–water partition coefficient (Wildman–Crippen LogP) is 7.60. The summed E-state index contributed by atoms with van der Waals surface area (Å²) in [5, 5.41) is 19.1. The van der Waals surface area contributed by atoms with E-state index >= 15 is 8.78 Å². The molecule has 5 aromatic rings. The zero-order chi connectivity index (χ0) is 37.4. The van der Waals surface area contributed by atoms with Gasteiger partial charge in [-0.3, -0.25) is 14.2 Å². The summed E-state index contributed by atoms with van der Waals surface area (Å²) in [6.45, 7) is 2.20. The predicted molar refractivity (Wildman–Crippen MR) is 181 cm³/mol. The van der Waals surface area contributed by atoms with Crippen LogP contribution in [-0.2, 0) is 30.7 Å². The summed E-state index contributed by atoms with van der Waals surface area (Å²) in [6.07, 6.45) is -3.64. The van der Waals surface area contributed by atoms with Crippen molar-refractivity contribution in [3.8, 4) is 23.0 Å². The number of halogens is 7. The lowest BCUT2D eigenvalue weighted by molar-refractivity contribution is -0.120. The van der Waals surface area contributed by atoms with Crippen LogP contribution in [0.15, 0.2) is 42.5 Å². The minimum absolute atomic E-state index is 0.0626. The molecule has 3 heterocycles. The third kappa shape index (κ3) is 6.41. The molecule has 15 heteroatoms. The van der Waals surface area contributed by atoms with E-state index in [-0.39, 0.29) is 41.2 Å². The van der Waals surface area contributed by atoms with E-state index in [0.717, 1.165) is 12.1 Å². The number of hydrogen-bond acceptors (Lipinski definition) is 6. The van der Waals surface area contributed by atoms with Gasteiger partial charge in [0.05, 0.1) is 21.6 Å². The molecule has 1 fully saturated rings. The fourth-order valence-corrected chi connectivity index (χ4v) is 7.54. The van der Waals surface area contributed by atoms with Crippen LogP contribution in [0.4, 0.5) is 32.2 Å². The maximum absolute atomic E-state index is 15.3. The number of fused-ring (bicyclic) bond motifs is 4. The van der Waals surface area contributed by atoms with Crippen LogP contribution >= 0.6 is 11.6 Å². The van der Waals surface area contributed by atoms with Crippen molar-refractivity contribution in [2.75, 3.05) is 5.73 Å². The minimum atomic E-state index is -3.44. The van der Waals surface area contributed by atoms with Crippen molar-refractivity contribution in [2.24, 2.45) is 13.0 Å². The highest BCUT2D eigenvalue weighted by Gasteiger charge is 2.67. The molecule has 7 rings (SSSR count). The largest absolute Gasteiger partial charge is 0.382 e. The van der Waals surface area contributed by atoms with E-state index in [0.29, 0.717) is 37.8 Å². The number of pyridine rings is 1. The van der Waals surface area contributed by atoms with Gasteiger partial charge < -0.3 is 10.8 Å². The number of benzene rings is 2. The zero-order valence-corrected chi connectivity index (χ0v) is 28.7. The lowest BCUT2D eigenvalue weighted by Gasteiger charge is -2.21. The molecule has 2 aliphatic carbocycles. The van der Waals surface area contributed by atoms with E-state index in [1.165, 1.54) is 18.5 Å². The van der Waals surface area contributed by atoms with Gasteiger partial charge in [0.15, 0.2) is 11.6 Å². The van der Waals surface area contributed by atoms with Crippen molar-refractivity contribution in [3.63, 3.8) is 0 Å². The molecule has 1 saturated carbocycles. The molecule has 0 amide bonds. The maximum Gasteiger partial charge on any atom is 0.293 e. The van der Waals surface area contributed by atoms with Gasteiger partial charge in [-0.05, 0) is 74.4 Å². The summed E-state index contributed by atoms with van der Waals surface area (Å²) in [5.41, 5.74) is 5.22. The third-order valence-corrected chi connectivity index (χ3v) is 9.75. The molecule has 0 bridgehead atoms. The summed E-state index contributed by atoms with van der Waals surface area (Å²) in [6, 6.07) is 9.46. The number of aliphatic hydroxyl groups is 1. The third-order valence-electron chi connectivity index (χ3n) is 9.43. The molecule has 3 atom stereocenters. The maximum atomic E-state index is 15.3.